The van der Waals surface area contributed by atoms with E-state index >= 15 is 0 Å². The summed E-state index contributed by atoms with van der Waals surface area (Å²) in [5, 5.41) is 0.647. The van der Waals surface area contributed by atoms with Crippen LogP contribution < -0.4 is 9.80 Å². The fraction of sp³-hybridized carbons (Fsp3) is 0.269. The number of ether oxygens (including phenoxy) is 1. The number of hydrogen-bond donors (Lipinski definition) is 0. The summed E-state index contributed by atoms with van der Waals surface area (Å²) in [5.41, 5.74) is 3.03. The molecule has 2 aliphatic heterocycles. The van der Waals surface area contributed by atoms with Crippen LogP contribution in [0.5, 0.6) is 0 Å². The fourth-order valence-electron chi connectivity index (χ4n) is 5.06. The van der Waals surface area contributed by atoms with E-state index in [4.69, 9.17) is 16.3 Å². The highest BCUT2D eigenvalue weighted by atomic mass is 35.5. The van der Waals surface area contributed by atoms with Gasteiger partial charge in [0.1, 0.15) is 6.10 Å². The van der Waals surface area contributed by atoms with Crippen LogP contribution in [0.25, 0.3) is 0 Å². The summed E-state index contributed by atoms with van der Waals surface area (Å²) in [7, 11) is 6.30. The van der Waals surface area contributed by atoms with Crippen molar-refractivity contribution in [3.8, 4) is 0 Å². The van der Waals surface area contributed by atoms with E-state index in [1.807, 2.05) is 40.3 Å². The zero-order chi connectivity index (χ0) is 22.7. The van der Waals surface area contributed by atoms with E-state index in [0.29, 0.717) is 10.8 Å². The van der Waals surface area contributed by atoms with E-state index in [1.165, 1.54) is 9.79 Å². The van der Waals surface area contributed by atoms with Gasteiger partial charge in [-0.05, 0) is 70.5 Å². The number of nitrogens with zero attached hydrogens (tertiary/aromatic N) is 2. The second-order valence-corrected chi connectivity index (χ2v) is 12.7. The first-order chi connectivity index (χ1) is 15.3. The van der Waals surface area contributed by atoms with Crippen molar-refractivity contribution < 1.29 is 9.53 Å². The molecule has 2 atom stereocenters. The maximum atomic E-state index is 13.5. The monoisotopic (exact) mass is 466 g/mol. The quantitative estimate of drug-likeness (QED) is 0.609. The number of benzene rings is 2. The van der Waals surface area contributed by atoms with Crippen LogP contribution in [0, 0.1) is 0 Å². The minimum absolute atomic E-state index is 0.159. The molecule has 0 N–H and O–H groups in total. The first kappa shape index (κ1) is 21.2. The Bertz CT molecular complexity index is 1110. The van der Waals surface area contributed by atoms with Gasteiger partial charge in [0, 0.05) is 50.4 Å². The minimum atomic E-state index is -1.85. The van der Waals surface area contributed by atoms with Crippen LogP contribution in [-0.4, -0.2) is 50.6 Å². The van der Waals surface area contributed by atoms with Gasteiger partial charge in [-0.3, -0.25) is 4.79 Å². The third kappa shape index (κ3) is 2.81. The van der Waals surface area contributed by atoms with Gasteiger partial charge < -0.3 is 14.5 Å². The molecule has 0 aromatic heterocycles. The second-order valence-electron chi connectivity index (χ2n) is 8.85. The molecule has 2 unspecified atom stereocenters. The number of rotatable bonds is 4. The molecule has 1 spiro atoms. The lowest BCUT2D eigenvalue weighted by atomic mass is 9.89. The molecule has 4 nitrogen and oxygen atoms in total. The van der Waals surface area contributed by atoms with Crippen LogP contribution in [0.15, 0.2) is 93.4 Å². The maximum absolute atomic E-state index is 13.5. The topological polar surface area (TPSA) is 32.8 Å². The van der Waals surface area contributed by atoms with Gasteiger partial charge in [0.2, 0.25) is 0 Å². The molecular weight excluding hydrogens is 440 g/mol. The normalized spacial score (nSPS) is 25.9. The van der Waals surface area contributed by atoms with Crippen LogP contribution in [-0.2, 0) is 9.53 Å². The van der Waals surface area contributed by atoms with Crippen molar-refractivity contribution in [3.63, 3.8) is 0 Å². The van der Waals surface area contributed by atoms with Gasteiger partial charge in [-0.25, -0.2) is 0 Å². The van der Waals surface area contributed by atoms with Crippen LogP contribution in [0.1, 0.15) is 0 Å². The summed E-state index contributed by atoms with van der Waals surface area (Å²) >= 11 is 6.39. The number of ketones is 1. The van der Waals surface area contributed by atoms with Gasteiger partial charge in [0.05, 0.1) is 16.6 Å². The maximum Gasteiger partial charge on any atom is 0.172 e. The summed E-state index contributed by atoms with van der Waals surface area (Å²) in [6.07, 6.45) is 7.41. The molecule has 0 bridgehead atoms. The van der Waals surface area contributed by atoms with Crippen molar-refractivity contribution in [1.29, 1.82) is 0 Å². The lowest BCUT2D eigenvalue weighted by molar-refractivity contribution is -0.113. The Morgan fingerprint density at radius 3 is 1.97 bits per heavy atom. The summed E-state index contributed by atoms with van der Waals surface area (Å²) in [4.78, 5) is 20.0. The zero-order valence-electron chi connectivity index (χ0n) is 18.7. The highest BCUT2D eigenvalue weighted by molar-refractivity contribution is 8.36. The molecule has 2 heterocycles. The van der Waals surface area contributed by atoms with E-state index in [0.717, 1.165) is 16.9 Å². The Hall–Kier alpha value is -2.63. The van der Waals surface area contributed by atoms with Crippen molar-refractivity contribution in [2.45, 2.75) is 20.6 Å². The third-order valence-electron chi connectivity index (χ3n) is 6.71. The summed E-state index contributed by atoms with van der Waals surface area (Å²) in [5.74, 6) is 0.629. The SMILES string of the molecule is CN(C)c1ccc(S2(c3ccc(N(C)C)cc3)CC(=O)C3=COC4C=C(Cl)C=CC342)cc1. The van der Waals surface area contributed by atoms with Gasteiger partial charge in [-0.1, -0.05) is 17.7 Å². The third-order valence-corrected chi connectivity index (χ3v) is 11.6. The van der Waals surface area contributed by atoms with Gasteiger partial charge in [-0.15, -0.1) is 0 Å². The van der Waals surface area contributed by atoms with Crippen LogP contribution in [0.4, 0.5) is 11.4 Å². The van der Waals surface area contributed by atoms with Crippen molar-refractivity contribution in [3.05, 3.63) is 83.6 Å². The lowest BCUT2D eigenvalue weighted by Gasteiger charge is -2.51. The number of hydrogen-bond acceptors (Lipinski definition) is 4. The predicted molar refractivity (Wildman–Crippen MR) is 134 cm³/mol. The highest BCUT2D eigenvalue weighted by Gasteiger charge is 2.65. The smallest absolute Gasteiger partial charge is 0.172 e. The number of carbonyl (C=O) groups excluding carboxylic acids is 1. The number of allylic oxidation sites excluding steroid dienone is 2. The first-order valence-electron chi connectivity index (χ1n) is 10.6. The molecule has 0 radical (unpaired) electrons. The molecule has 0 saturated carbocycles. The highest BCUT2D eigenvalue weighted by Crippen LogP contribution is 2.79. The molecule has 32 heavy (non-hydrogen) atoms. The number of anilines is 2. The fourth-order valence-corrected chi connectivity index (χ4v) is 9.97. The van der Waals surface area contributed by atoms with Crippen molar-refractivity contribution in [2.24, 2.45) is 0 Å². The summed E-state index contributed by atoms with van der Waals surface area (Å²) in [6.45, 7) is 0. The van der Waals surface area contributed by atoms with Crippen LogP contribution in [0.2, 0.25) is 0 Å². The van der Waals surface area contributed by atoms with E-state index in [1.54, 1.807) is 6.26 Å². The molecule has 2 aromatic rings. The van der Waals surface area contributed by atoms with E-state index in [2.05, 4.69) is 64.4 Å². The van der Waals surface area contributed by atoms with Crippen LogP contribution in [0.3, 0.4) is 0 Å². The summed E-state index contributed by atoms with van der Waals surface area (Å²) in [6, 6.07) is 17.3. The molecule has 5 rings (SSSR count). The minimum Gasteiger partial charge on any atom is -0.491 e. The van der Waals surface area contributed by atoms with E-state index in [-0.39, 0.29) is 11.9 Å². The Kier molecular flexibility index (Phi) is 4.95. The molecular formula is C26H27ClN2O2S. The van der Waals surface area contributed by atoms with Gasteiger partial charge in [-0.2, -0.15) is 10.0 Å². The number of halogens is 1. The zero-order valence-corrected chi connectivity index (χ0v) is 20.3. The molecule has 1 aliphatic carbocycles. The second kappa shape index (κ2) is 7.46. The Labute approximate surface area is 196 Å². The summed E-state index contributed by atoms with van der Waals surface area (Å²) < 4.78 is 5.53. The largest absolute Gasteiger partial charge is 0.491 e. The first-order valence-corrected chi connectivity index (χ1v) is 12.8. The lowest BCUT2D eigenvalue weighted by Crippen LogP contribution is -2.42. The Balaban J connectivity index is 1.78. The average Bonchev–Trinajstić information content (AvgIpc) is 3.28. The molecule has 1 saturated heterocycles. The Morgan fingerprint density at radius 2 is 1.47 bits per heavy atom. The average molecular weight is 467 g/mol. The van der Waals surface area contributed by atoms with E-state index in [9.17, 15) is 4.79 Å². The molecule has 6 heteroatoms. The molecule has 2 aromatic carbocycles. The Morgan fingerprint density at radius 1 is 0.938 bits per heavy atom. The van der Waals surface area contributed by atoms with Crippen molar-refractivity contribution in [2.75, 3.05) is 43.7 Å². The molecule has 1 fully saturated rings. The standard InChI is InChI=1S/C26H27ClN2O2S/c1-28(2)19-5-9-21(10-6-19)32(22-11-7-20(8-12-22)29(3)4)17-24(30)23-16-31-25-15-18(27)13-14-26(23,25)32/h5-16,25H,17H2,1-4H3. The number of carbonyl (C=O) groups is 1. The van der Waals surface area contributed by atoms with Crippen LogP contribution >= 0.6 is 21.6 Å². The number of Topliss-reactive ketones (excluding diaryl/α,β-unsaturated/α-hetero) is 1. The molecule has 0 amide bonds. The predicted octanol–water partition coefficient (Wildman–Crippen LogP) is 5.34. The van der Waals surface area contributed by atoms with Crippen molar-refractivity contribution in [1.82, 2.24) is 0 Å². The van der Waals surface area contributed by atoms with E-state index < -0.39 is 14.8 Å². The van der Waals surface area contributed by atoms with Gasteiger partial charge >= 0.3 is 0 Å². The molecule has 166 valence electrons. The van der Waals surface area contributed by atoms with Crippen molar-refractivity contribution >= 4 is 38.8 Å². The van der Waals surface area contributed by atoms with Gasteiger partial charge in [0.25, 0.3) is 0 Å². The van der Waals surface area contributed by atoms with Gasteiger partial charge in [0.15, 0.2) is 5.78 Å². The molecule has 3 aliphatic rings.